The van der Waals surface area contributed by atoms with Crippen molar-refractivity contribution in [1.82, 2.24) is 24.8 Å². The standard InChI is InChI=1S/C25H20N6O/c1-16-8-9-19(13-17(16)2)25(32)27-21-7-3-5-18(14-21)22-10-11-23-28-29-24(31(23)30-22)20-6-4-12-26-15-20/h3-15H,1-2H3,(H,27,32). The minimum Gasteiger partial charge on any atom is -0.322 e. The van der Waals surface area contributed by atoms with Gasteiger partial charge in [-0.1, -0.05) is 18.2 Å². The molecule has 5 aromatic rings. The van der Waals surface area contributed by atoms with Gasteiger partial charge in [-0.25, -0.2) is 0 Å². The van der Waals surface area contributed by atoms with E-state index in [1.54, 1.807) is 16.9 Å². The van der Waals surface area contributed by atoms with Crippen LogP contribution in [0.1, 0.15) is 21.5 Å². The number of hydrogen-bond acceptors (Lipinski definition) is 5. The first-order valence-corrected chi connectivity index (χ1v) is 10.2. The van der Waals surface area contributed by atoms with Crippen LogP contribution in [0.15, 0.2) is 79.1 Å². The average Bonchev–Trinajstić information content (AvgIpc) is 3.25. The zero-order valence-electron chi connectivity index (χ0n) is 17.6. The van der Waals surface area contributed by atoms with Crippen molar-refractivity contribution < 1.29 is 4.79 Å². The number of aromatic nitrogens is 5. The largest absolute Gasteiger partial charge is 0.322 e. The lowest BCUT2D eigenvalue weighted by molar-refractivity contribution is 0.102. The summed E-state index contributed by atoms with van der Waals surface area (Å²) in [6, 6.07) is 20.8. The number of aryl methyl sites for hydroxylation is 2. The van der Waals surface area contributed by atoms with Gasteiger partial charge < -0.3 is 5.32 Å². The van der Waals surface area contributed by atoms with E-state index in [-0.39, 0.29) is 5.91 Å². The van der Waals surface area contributed by atoms with Crippen LogP contribution in [0.3, 0.4) is 0 Å². The number of anilines is 1. The molecule has 0 unspecified atom stereocenters. The van der Waals surface area contributed by atoms with Crippen LogP contribution in [0.4, 0.5) is 5.69 Å². The summed E-state index contributed by atoms with van der Waals surface area (Å²) in [6.45, 7) is 4.03. The third-order valence-corrected chi connectivity index (χ3v) is 5.37. The normalized spacial score (nSPS) is 10.9. The average molecular weight is 420 g/mol. The molecule has 2 aromatic carbocycles. The fraction of sp³-hybridized carbons (Fsp3) is 0.0800. The van der Waals surface area contributed by atoms with Crippen LogP contribution >= 0.6 is 0 Å². The molecule has 0 radical (unpaired) electrons. The van der Waals surface area contributed by atoms with Crippen molar-refractivity contribution in [3.63, 3.8) is 0 Å². The summed E-state index contributed by atoms with van der Waals surface area (Å²) < 4.78 is 1.70. The first-order chi connectivity index (χ1) is 15.6. The Kier molecular flexibility index (Phi) is 4.91. The number of fused-ring (bicyclic) bond motifs is 1. The van der Waals surface area contributed by atoms with Crippen LogP contribution in [0.2, 0.25) is 0 Å². The molecule has 0 spiro atoms. The van der Waals surface area contributed by atoms with E-state index in [1.807, 2.05) is 80.6 Å². The summed E-state index contributed by atoms with van der Waals surface area (Å²) in [5, 5.41) is 16.2. The Morgan fingerprint density at radius 1 is 0.875 bits per heavy atom. The summed E-state index contributed by atoms with van der Waals surface area (Å²) in [6.07, 6.45) is 3.44. The second-order valence-corrected chi connectivity index (χ2v) is 7.59. The van der Waals surface area contributed by atoms with Crippen molar-refractivity contribution in [1.29, 1.82) is 0 Å². The van der Waals surface area contributed by atoms with E-state index >= 15 is 0 Å². The third kappa shape index (κ3) is 3.72. The van der Waals surface area contributed by atoms with Crippen LogP contribution in [0, 0.1) is 13.8 Å². The van der Waals surface area contributed by atoms with Crippen LogP contribution < -0.4 is 5.32 Å². The number of carbonyl (C=O) groups is 1. The van der Waals surface area contributed by atoms with Crippen molar-refractivity contribution >= 4 is 17.2 Å². The zero-order chi connectivity index (χ0) is 22.1. The van der Waals surface area contributed by atoms with Gasteiger partial charge in [-0.3, -0.25) is 9.78 Å². The molecule has 3 heterocycles. The van der Waals surface area contributed by atoms with E-state index in [4.69, 9.17) is 5.10 Å². The number of carbonyl (C=O) groups excluding carboxylic acids is 1. The predicted molar refractivity (Wildman–Crippen MR) is 123 cm³/mol. The highest BCUT2D eigenvalue weighted by atomic mass is 16.1. The van der Waals surface area contributed by atoms with E-state index < -0.39 is 0 Å². The van der Waals surface area contributed by atoms with Crippen LogP contribution in [-0.2, 0) is 0 Å². The smallest absolute Gasteiger partial charge is 0.255 e. The van der Waals surface area contributed by atoms with Gasteiger partial charge >= 0.3 is 0 Å². The molecule has 0 aliphatic carbocycles. The third-order valence-electron chi connectivity index (χ3n) is 5.37. The Morgan fingerprint density at radius 3 is 2.56 bits per heavy atom. The van der Waals surface area contributed by atoms with Crippen LogP contribution in [0.25, 0.3) is 28.3 Å². The molecule has 1 amide bonds. The molecule has 7 heteroatoms. The number of rotatable bonds is 4. The van der Waals surface area contributed by atoms with Gasteiger partial charge in [0.25, 0.3) is 5.91 Å². The van der Waals surface area contributed by atoms with Gasteiger partial charge in [0.2, 0.25) is 0 Å². The molecule has 0 aliphatic rings. The maximum Gasteiger partial charge on any atom is 0.255 e. The highest BCUT2D eigenvalue weighted by Gasteiger charge is 2.12. The predicted octanol–water partition coefficient (Wildman–Crippen LogP) is 4.72. The van der Waals surface area contributed by atoms with Crippen molar-refractivity contribution in [3.05, 3.63) is 95.8 Å². The van der Waals surface area contributed by atoms with Crippen LogP contribution in [-0.4, -0.2) is 30.7 Å². The van der Waals surface area contributed by atoms with Crippen molar-refractivity contribution in [2.75, 3.05) is 5.32 Å². The number of nitrogens with one attached hydrogen (secondary N) is 1. The Hall–Kier alpha value is -4.39. The molecule has 0 bridgehead atoms. The Morgan fingerprint density at radius 2 is 1.75 bits per heavy atom. The van der Waals surface area contributed by atoms with E-state index in [2.05, 4.69) is 20.5 Å². The topological polar surface area (TPSA) is 85.1 Å². The van der Waals surface area contributed by atoms with Gasteiger partial charge in [-0.05, 0) is 73.5 Å². The number of benzene rings is 2. The molecule has 5 rings (SSSR count). The minimum absolute atomic E-state index is 0.147. The highest BCUT2D eigenvalue weighted by Crippen LogP contribution is 2.23. The minimum atomic E-state index is -0.147. The summed E-state index contributed by atoms with van der Waals surface area (Å²) >= 11 is 0. The van der Waals surface area contributed by atoms with E-state index in [9.17, 15) is 4.79 Å². The van der Waals surface area contributed by atoms with E-state index in [0.717, 1.165) is 27.9 Å². The molecule has 1 N–H and O–H groups in total. The first kappa shape index (κ1) is 19.6. The van der Waals surface area contributed by atoms with E-state index in [1.165, 1.54) is 0 Å². The van der Waals surface area contributed by atoms with Crippen molar-refractivity contribution in [2.24, 2.45) is 0 Å². The lowest BCUT2D eigenvalue weighted by atomic mass is 10.1. The molecule has 0 fully saturated rings. The Bertz CT molecular complexity index is 1440. The summed E-state index contributed by atoms with van der Waals surface area (Å²) in [5.41, 5.74) is 6.66. The molecular formula is C25H20N6O. The molecule has 0 saturated heterocycles. The molecule has 156 valence electrons. The van der Waals surface area contributed by atoms with Crippen LogP contribution in [0.5, 0.6) is 0 Å². The maximum atomic E-state index is 12.7. The van der Waals surface area contributed by atoms with Gasteiger partial charge in [0.1, 0.15) is 0 Å². The number of nitrogens with zero attached hydrogens (tertiary/aromatic N) is 5. The second-order valence-electron chi connectivity index (χ2n) is 7.59. The van der Waals surface area contributed by atoms with Gasteiger partial charge in [0, 0.05) is 34.8 Å². The van der Waals surface area contributed by atoms with Gasteiger partial charge in [0.05, 0.1) is 5.69 Å². The first-order valence-electron chi connectivity index (χ1n) is 10.2. The van der Waals surface area contributed by atoms with E-state index in [0.29, 0.717) is 22.7 Å². The Labute approximate surface area is 184 Å². The molecule has 0 aliphatic heterocycles. The summed E-state index contributed by atoms with van der Waals surface area (Å²) in [7, 11) is 0. The zero-order valence-corrected chi connectivity index (χ0v) is 17.6. The lowest BCUT2D eigenvalue weighted by Crippen LogP contribution is -2.12. The van der Waals surface area contributed by atoms with Crippen molar-refractivity contribution in [3.8, 4) is 22.6 Å². The maximum absolute atomic E-state index is 12.7. The molecule has 32 heavy (non-hydrogen) atoms. The second kappa shape index (κ2) is 8.03. The number of hydrogen-bond donors (Lipinski definition) is 1. The lowest BCUT2D eigenvalue weighted by Gasteiger charge is -2.09. The quantitative estimate of drug-likeness (QED) is 0.455. The summed E-state index contributed by atoms with van der Waals surface area (Å²) in [5.74, 6) is 0.473. The number of pyridine rings is 1. The molecule has 0 atom stereocenters. The van der Waals surface area contributed by atoms with Crippen molar-refractivity contribution in [2.45, 2.75) is 13.8 Å². The molecule has 0 saturated carbocycles. The molecular weight excluding hydrogens is 400 g/mol. The highest BCUT2D eigenvalue weighted by molar-refractivity contribution is 6.04. The fourth-order valence-electron chi connectivity index (χ4n) is 3.46. The molecule has 3 aromatic heterocycles. The van der Waals surface area contributed by atoms with Gasteiger partial charge in [-0.2, -0.15) is 9.61 Å². The van der Waals surface area contributed by atoms with Gasteiger partial charge in [-0.15, -0.1) is 10.2 Å². The SMILES string of the molecule is Cc1ccc(C(=O)Nc2cccc(-c3ccc4nnc(-c5cccnc5)n4n3)c2)cc1C. The number of amides is 1. The fourth-order valence-corrected chi connectivity index (χ4v) is 3.46. The Balaban J connectivity index is 1.46. The van der Waals surface area contributed by atoms with Gasteiger partial charge in [0.15, 0.2) is 11.5 Å². The molecule has 7 nitrogen and oxygen atoms in total. The monoisotopic (exact) mass is 420 g/mol. The summed E-state index contributed by atoms with van der Waals surface area (Å²) in [4.78, 5) is 16.9.